The number of hydrogen-bond acceptors (Lipinski definition) is 2. The number of carbonyl (C=O) groups is 1. The molecule has 0 fully saturated rings. The van der Waals surface area contributed by atoms with Crippen molar-refractivity contribution >= 4 is 17.5 Å². The molecule has 0 saturated carbocycles. The molecule has 1 aromatic heterocycles. The van der Waals surface area contributed by atoms with E-state index < -0.39 is 0 Å². The first-order valence-electron chi connectivity index (χ1n) is 5.20. The van der Waals surface area contributed by atoms with Crippen LogP contribution >= 0.6 is 11.6 Å². The quantitative estimate of drug-likeness (QED) is 0.607. The Morgan fingerprint density at radius 3 is 2.88 bits per heavy atom. The van der Waals surface area contributed by atoms with Crippen LogP contribution in [0.5, 0.6) is 0 Å². The van der Waals surface area contributed by atoms with Crippen molar-refractivity contribution in [2.24, 2.45) is 0 Å². The van der Waals surface area contributed by atoms with Crippen molar-refractivity contribution in [3.63, 3.8) is 0 Å². The van der Waals surface area contributed by atoms with Crippen molar-refractivity contribution in [2.75, 3.05) is 6.54 Å². The largest absolute Gasteiger partial charge is 0.352 e. The molecule has 0 aliphatic heterocycles. The molecule has 0 saturated heterocycles. The van der Waals surface area contributed by atoms with E-state index in [1.54, 1.807) is 0 Å². The van der Waals surface area contributed by atoms with Crippen LogP contribution in [0.3, 0.4) is 0 Å². The van der Waals surface area contributed by atoms with Crippen LogP contribution in [-0.2, 0) is 0 Å². The molecule has 16 heavy (non-hydrogen) atoms. The van der Waals surface area contributed by atoms with Crippen molar-refractivity contribution in [2.45, 2.75) is 25.1 Å². The smallest absolute Gasteiger partial charge is 0.252 e. The molecule has 88 valence electrons. The summed E-state index contributed by atoms with van der Waals surface area (Å²) in [5, 5.41) is 2.88. The minimum atomic E-state index is -0.215. The van der Waals surface area contributed by atoms with Gasteiger partial charge in [-0.25, -0.2) is 0 Å². The van der Waals surface area contributed by atoms with Gasteiger partial charge in [-0.1, -0.05) is 0 Å². The van der Waals surface area contributed by atoms with Gasteiger partial charge in [-0.05, 0) is 25.8 Å². The van der Waals surface area contributed by atoms with Gasteiger partial charge >= 0.3 is 0 Å². The summed E-state index contributed by atoms with van der Waals surface area (Å²) in [4.78, 5) is 24.8. The Morgan fingerprint density at radius 2 is 2.31 bits per heavy atom. The van der Waals surface area contributed by atoms with Crippen LogP contribution in [0.2, 0.25) is 0 Å². The number of rotatable bonds is 5. The molecular weight excluding hydrogens is 228 g/mol. The number of alkyl halides is 1. The highest BCUT2D eigenvalue weighted by Crippen LogP contribution is 2.02. The number of carbonyl (C=O) groups excluding carboxylic acids is 1. The van der Waals surface area contributed by atoms with Crippen molar-refractivity contribution in [3.8, 4) is 0 Å². The second-order valence-electron chi connectivity index (χ2n) is 3.62. The minimum absolute atomic E-state index is 0.130. The number of H-pyrrole nitrogens is 1. The van der Waals surface area contributed by atoms with Gasteiger partial charge < -0.3 is 10.3 Å². The third-order valence-electron chi connectivity index (χ3n) is 2.11. The summed E-state index contributed by atoms with van der Waals surface area (Å²) in [5.41, 5.74) is 0.242. The van der Waals surface area contributed by atoms with Gasteiger partial charge in [-0.15, -0.1) is 11.6 Å². The van der Waals surface area contributed by atoms with E-state index in [-0.39, 0.29) is 16.8 Å². The molecular formula is C11H15ClN2O2. The number of hydrogen-bond donors (Lipinski definition) is 2. The normalized spacial score (nSPS) is 12.1. The number of pyridine rings is 1. The maximum atomic E-state index is 11.5. The fourth-order valence-corrected chi connectivity index (χ4v) is 1.39. The highest BCUT2D eigenvalue weighted by Gasteiger charge is 2.04. The molecule has 1 atom stereocenters. The number of aromatic nitrogens is 1. The number of aromatic amines is 1. The molecule has 0 spiro atoms. The van der Waals surface area contributed by atoms with E-state index in [0.717, 1.165) is 12.8 Å². The fourth-order valence-electron chi connectivity index (χ4n) is 1.24. The van der Waals surface area contributed by atoms with Gasteiger partial charge in [-0.2, -0.15) is 0 Å². The summed E-state index contributed by atoms with van der Waals surface area (Å²) < 4.78 is 0. The Kier molecular flexibility index (Phi) is 5.05. The van der Waals surface area contributed by atoms with E-state index >= 15 is 0 Å². The van der Waals surface area contributed by atoms with Gasteiger partial charge in [0.2, 0.25) is 5.56 Å². The minimum Gasteiger partial charge on any atom is -0.352 e. The van der Waals surface area contributed by atoms with Crippen molar-refractivity contribution in [1.82, 2.24) is 10.3 Å². The number of amides is 1. The SMILES string of the molecule is CC(Cl)CCCNC(=O)c1ccc(=O)[nH]c1. The third kappa shape index (κ3) is 4.49. The highest BCUT2D eigenvalue weighted by molar-refractivity contribution is 6.20. The van der Waals surface area contributed by atoms with Crippen LogP contribution in [0.15, 0.2) is 23.1 Å². The molecule has 0 bridgehead atoms. The molecule has 1 rings (SSSR count). The standard InChI is InChI=1S/C11H15ClN2O2/c1-8(12)3-2-6-13-11(16)9-4-5-10(15)14-7-9/h4-5,7-8H,2-3,6H2,1H3,(H,13,16)(H,14,15). The number of nitrogens with one attached hydrogen (secondary N) is 2. The first kappa shape index (κ1) is 12.8. The van der Waals surface area contributed by atoms with Crippen LogP contribution < -0.4 is 10.9 Å². The van der Waals surface area contributed by atoms with E-state index in [2.05, 4.69) is 10.3 Å². The second-order valence-corrected chi connectivity index (χ2v) is 4.37. The molecule has 1 aromatic rings. The Hall–Kier alpha value is -1.29. The van der Waals surface area contributed by atoms with Crippen molar-refractivity contribution < 1.29 is 4.79 Å². The first-order chi connectivity index (χ1) is 7.59. The summed E-state index contributed by atoms with van der Waals surface area (Å²) in [6.07, 6.45) is 3.12. The lowest BCUT2D eigenvalue weighted by atomic mass is 10.2. The summed E-state index contributed by atoms with van der Waals surface area (Å²) in [6.45, 7) is 2.51. The molecule has 0 radical (unpaired) electrons. The van der Waals surface area contributed by atoms with Gasteiger partial charge in [0.1, 0.15) is 0 Å². The Morgan fingerprint density at radius 1 is 1.56 bits per heavy atom. The van der Waals surface area contributed by atoms with Crippen LogP contribution in [0.4, 0.5) is 0 Å². The predicted molar refractivity (Wildman–Crippen MR) is 63.9 cm³/mol. The second kappa shape index (κ2) is 6.33. The summed E-state index contributed by atoms with van der Waals surface area (Å²) >= 11 is 5.78. The molecule has 5 heteroatoms. The van der Waals surface area contributed by atoms with E-state index in [1.165, 1.54) is 18.3 Å². The third-order valence-corrected chi connectivity index (χ3v) is 2.33. The fraction of sp³-hybridized carbons (Fsp3) is 0.455. The van der Waals surface area contributed by atoms with E-state index in [4.69, 9.17) is 11.6 Å². The topological polar surface area (TPSA) is 62.0 Å². The molecule has 0 aromatic carbocycles. The van der Waals surface area contributed by atoms with Crippen molar-refractivity contribution in [1.29, 1.82) is 0 Å². The molecule has 1 heterocycles. The first-order valence-corrected chi connectivity index (χ1v) is 5.64. The maximum Gasteiger partial charge on any atom is 0.252 e. The Balaban J connectivity index is 2.35. The summed E-state index contributed by atoms with van der Waals surface area (Å²) in [6, 6.07) is 2.83. The van der Waals surface area contributed by atoms with Gasteiger partial charge in [-0.3, -0.25) is 9.59 Å². The van der Waals surface area contributed by atoms with Gasteiger partial charge in [0.15, 0.2) is 0 Å². The van der Waals surface area contributed by atoms with Gasteiger partial charge in [0.05, 0.1) is 5.56 Å². The number of halogens is 1. The summed E-state index contributed by atoms with van der Waals surface area (Å²) in [5.74, 6) is -0.182. The molecule has 0 aliphatic rings. The lowest BCUT2D eigenvalue weighted by Crippen LogP contribution is -2.25. The zero-order valence-electron chi connectivity index (χ0n) is 9.13. The predicted octanol–water partition coefficient (Wildman–Crippen LogP) is 1.51. The lowest BCUT2D eigenvalue weighted by molar-refractivity contribution is 0.0952. The average Bonchev–Trinajstić information content (AvgIpc) is 2.25. The maximum absolute atomic E-state index is 11.5. The Labute approximate surface area is 99.0 Å². The molecule has 2 N–H and O–H groups in total. The van der Waals surface area contributed by atoms with E-state index in [0.29, 0.717) is 12.1 Å². The monoisotopic (exact) mass is 242 g/mol. The van der Waals surface area contributed by atoms with Crippen LogP contribution in [-0.4, -0.2) is 22.8 Å². The lowest BCUT2D eigenvalue weighted by Gasteiger charge is -2.05. The van der Waals surface area contributed by atoms with Crippen LogP contribution in [0, 0.1) is 0 Å². The molecule has 1 amide bonds. The highest BCUT2D eigenvalue weighted by atomic mass is 35.5. The zero-order valence-corrected chi connectivity index (χ0v) is 9.88. The molecule has 1 unspecified atom stereocenters. The molecule has 0 aliphatic carbocycles. The van der Waals surface area contributed by atoms with E-state index in [9.17, 15) is 9.59 Å². The van der Waals surface area contributed by atoms with E-state index in [1.807, 2.05) is 6.92 Å². The van der Waals surface area contributed by atoms with Gasteiger partial charge in [0, 0.05) is 24.2 Å². The zero-order chi connectivity index (χ0) is 12.0. The van der Waals surface area contributed by atoms with Crippen LogP contribution in [0.1, 0.15) is 30.1 Å². The van der Waals surface area contributed by atoms with Crippen molar-refractivity contribution in [3.05, 3.63) is 34.2 Å². The summed E-state index contributed by atoms with van der Waals surface area (Å²) in [7, 11) is 0. The Bertz CT molecular complexity index is 381. The average molecular weight is 243 g/mol. The van der Waals surface area contributed by atoms with Crippen LogP contribution in [0.25, 0.3) is 0 Å². The molecule has 4 nitrogen and oxygen atoms in total. The van der Waals surface area contributed by atoms with Gasteiger partial charge in [0.25, 0.3) is 5.91 Å².